The maximum atomic E-state index is 12.0. The van der Waals surface area contributed by atoms with Gasteiger partial charge in [0.2, 0.25) is 5.91 Å². The number of rotatable bonds is 7. The van der Waals surface area contributed by atoms with Crippen LogP contribution in [0, 0.1) is 6.92 Å². The molecule has 24 heavy (non-hydrogen) atoms. The van der Waals surface area contributed by atoms with Crippen molar-refractivity contribution in [3.05, 3.63) is 65.9 Å². The molecule has 0 saturated carbocycles. The molecule has 0 radical (unpaired) electrons. The Labute approximate surface area is 142 Å². The number of fused-ring (bicyclic) bond motifs is 1. The number of anilines is 1. The van der Waals surface area contributed by atoms with Gasteiger partial charge in [0.25, 0.3) is 0 Å². The Kier molecular flexibility index (Phi) is 5.29. The van der Waals surface area contributed by atoms with Crippen LogP contribution in [-0.4, -0.2) is 24.0 Å². The third-order valence-corrected chi connectivity index (χ3v) is 4.19. The lowest BCUT2D eigenvalue weighted by Gasteiger charge is -2.08. The van der Waals surface area contributed by atoms with Crippen molar-refractivity contribution in [2.75, 3.05) is 18.4 Å². The van der Waals surface area contributed by atoms with Crippen LogP contribution in [0.2, 0.25) is 0 Å². The Hall–Kier alpha value is -2.59. The summed E-state index contributed by atoms with van der Waals surface area (Å²) in [5, 5.41) is 7.57. The van der Waals surface area contributed by atoms with Gasteiger partial charge in [-0.15, -0.1) is 0 Å². The molecule has 1 aromatic heterocycles. The molecule has 3 N–H and O–H groups in total. The van der Waals surface area contributed by atoms with Gasteiger partial charge in [-0.05, 0) is 43.1 Å². The zero-order valence-electron chi connectivity index (χ0n) is 13.9. The highest BCUT2D eigenvalue weighted by atomic mass is 16.1. The topological polar surface area (TPSA) is 56.9 Å². The summed E-state index contributed by atoms with van der Waals surface area (Å²) < 4.78 is 0. The molecule has 1 amide bonds. The Bertz CT molecular complexity index is 822. The molecule has 3 aromatic rings. The molecule has 0 aliphatic heterocycles. The van der Waals surface area contributed by atoms with Crippen LogP contribution in [-0.2, 0) is 11.2 Å². The van der Waals surface area contributed by atoms with Crippen molar-refractivity contribution in [3.8, 4) is 0 Å². The van der Waals surface area contributed by atoms with Crippen LogP contribution in [0.4, 0.5) is 5.69 Å². The molecule has 2 aromatic carbocycles. The van der Waals surface area contributed by atoms with Crippen molar-refractivity contribution in [3.63, 3.8) is 0 Å². The van der Waals surface area contributed by atoms with Crippen molar-refractivity contribution in [1.82, 2.24) is 10.3 Å². The second-order valence-corrected chi connectivity index (χ2v) is 5.97. The number of H-pyrrole nitrogens is 1. The molecule has 4 nitrogen and oxygen atoms in total. The molecule has 0 aliphatic carbocycles. The van der Waals surface area contributed by atoms with E-state index in [0.717, 1.165) is 24.2 Å². The SMILES string of the molecule is Cc1ccccc1NC(=O)CCNCCc1c[nH]c2ccccc12. The van der Waals surface area contributed by atoms with E-state index in [1.807, 2.05) is 37.3 Å². The molecule has 0 spiro atoms. The van der Waals surface area contributed by atoms with Gasteiger partial charge >= 0.3 is 0 Å². The van der Waals surface area contributed by atoms with E-state index in [2.05, 4.69) is 40.0 Å². The van der Waals surface area contributed by atoms with Gasteiger partial charge in [0.15, 0.2) is 0 Å². The van der Waals surface area contributed by atoms with Gasteiger partial charge in [0, 0.05) is 35.8 Å². The monoisotopic (exact) mass is 321 g/mol. The summed E-state index contributed by atoms with van der Waals surface area (Å²) in [6.07, 6.45) is 3.49. The molecular formula is C20H23N3O. The average molecular weight is 321 g/mol. The summed E-state index contributed by atoms with van der Waals surface area (Å²) in [6.45, 7) is 3.54. The number of amides is 1. The van der Waals surface area contributed by atoms with Crippen molar-refractivity contribution < 1.29 is 4.79 Å². The molecule has 0 saturated heterocycles. The van der Waals surface area contributed by atoms with Crippen molar-refractivity contribution in [2.24, 2.45) is 0 Å². The van der Waals surface area contributed by atoms with Gasteiger partial charge in [-0.3, -0.25) is 4.79 Å². The highest BCUT2D eigenvalue weighted by Gasteiger charge is 2.05. The zero-order chi connectivity index (χ0) is 16.8. The van der Waals surface area contributed by atoms with Gasteiger partial charge in [0.05, 0.1) is 0 Å². The van der Waals surface area contributed by atoms with E-state index < -0.39 is 0 Å². The lowest BCUT2D eigenvalue weighted by molar-refractivity contribution is -0.116. The zero-order valence-corrected chi connectivity index (χ0v) is 13.9. The molecular weight excluding hydrogens is 298 g/mol. The normalized spacial score (nSPS) is 10.9. The predicted octanol–water partition coefficient (Wildman–Crippen LogP) is 3.64. The summed E-state index contributed by atoms with van der Waals surface area (Å²) in [6, 6.07) is 16.1. The van der Waals surface area contributed by atoms with Crippen LogP contribution >= 0.6 is 0 Å². The van der Waals surface area contributed by atoms with E-state index in [-0.39, 0.29) is 5.91 Å². The number of para-hydroxylation sites is 2. The number of carbonyl (C=O) groups is 1. The van der Waals surface area contributed by atoms with E-state index in [1.165, 1.54) is 16.5 Å². The summed E-state index contributed by atoms with van der Waals surface area (Å²) in [7, 11) is 0. The first-order chi connectivity index (χ1) is 11.7. The van der Waals surface area contributed by atoms with Crippen LogP contribution < -0.4 is 10.6 Å². The first-order valence-electron chi connectivity index (χ1n) is 8.35. The van der Waals surface area contributed by atoms with E-state index in [0.29, 0.717) is 13.0 Å². The number of aromatic nitrogens is 1. The molecule has 3 rings (SSSR count). The minimum absolute atomic E-state index is 0.0453. The largest absolute Gasteiger partial charge is 0.361 e. The van der Waals surface area contributed by atoms with E-state index in [1.54, 1.807) is 0 Å². The molecule has 0 aliphatic rings. The maximum Gasteiger partial charge on any atom is 0.225 e. The molecule has 124 valence electrons. The number of benzene rings is 2. The number of aromatic amines is 1. The fraction of sp³-hybridized carbons (Fsp3) is 0.250. The number of nitrogens with one attached hydrogen (secondary N) is 3. The quantitative estimate of drug-likeness (QED) is 0.582. The van der Waals surface area contributed by atoms with Crippen molar-refractivity contribution >= 4 is 22.5 Å². The third kappa shape index (κ3) is 4.03. The second kappa shape index (κ2) is 7.79. The predicted molar refractivity (Wildman–Crippen MR) is 99.3 cm³/mol. The number of aryl methyl sites for hydroxylation is 1. The van der Waals surface area contributed by atoms with Crippen LogP contribution in [0.1, 0.15) is 17.5 Å². The molecule has 0 bridgehead atoms. The summed E-state index contributed by atoms with van der Waals surface area (Å²) in [5.41, 5.74) is 4.45. The Morgan fingerprint density at radius 1 is 1.04 bits per heavy atom. The highest BCUT2D eigenvalue weighted by Crippen LogP contribution is 2.17. The highest BCUT2D eigenvalue weighted by molar-refractivity contribution is 5.91. The minimum atomic E-state index is 0.0453. The van der Waals surface area contributed by atoms with Crippen molar-refractivity contribution in [2.45, 2.75) is 19.8 Å². The van der Waals surface area contributed by atoms with Crippen LogP contribution in [0.25, 0.3) is 10.9 Å². The number of carbonyl (C=O) groups excluding carboxylic acids is 1. The summed E-state index contributed by atoms with van der Waals surface area (Å²) in [4.78, 5) is 15.3. The molecule has 1 heterocycles. The lowest BCUT2D eigenvalue weighted by atomic mass is 10.1. The van der Waals surface area contributed by atoms with Crippen LogP contribution in [0.15, 0.2) is 54.7 Å². The third-order valence-electron chi connectivity index (χ3n) is 4.19. The van der Waals surface area contributed by atoms with Gasteiger partial charge in [0.1, 0.15) is 0 Å². The number of hydrogen-bond acceptors (Lipinski definition) is 2. The van der Waals surface area contributed by atoms with E-state index >= 15 is 0 Å². The van der Waals surface area contributed by atoms with Crippen molar-refractivity contribution in [1.29, 1.82) is 0 Å². The summed E-state index contributed by atoms with van der Waals surface area (Å²) >= 11 is 0. The fourth-order valence-electron chi connectivity index (χ4n) is 2.81. The standard InChI is InChI=1S/C20H23N3O/c1-15-6-2-4-8-18(15)23-20(24)11-13-21-12-10-16-14-22-19-9-5-3-7-17(16)19/h2-9,14,21-22H,10-13H2,1H3,(H,23,24). The first kappa shape index (κ1) is 16.3. The molecule has 0 atom stereocenters. The Balaban J connectivity index is 1.39. The van der Waals surface area contributed by atoms with Gasteiger partial charge in [-0.25, -0.2) is 0 Å². The molecule has 0 unspecified atom stereocenters. The Morgan fingerprint density at radius 2 is 1.83 bits per heavy atom. The Morgan fingerprint density at radius 3 is 2.71 bits per heavy atom. The minimum Gasteiger partial charge on any atom is -0.361 e. The second-order valence-electron chi connectivity index (χ2n) is 5.97. The first-order valence-corrected chi connectivity index (χ1v) is 8.35. The maximum absolute atomic E-state index is 12.0. The van der Waals surface area contributed by atoms with E-state index in [4.69, 9.17) is 0 Å². The van der Waals surface area contributed by atoms with Gasteiger partial charge < -0.3 is 15.6 Å². The number of hydrogen-bond donors (Lipinski definition) is 3. The fourth-order valence-corrected chi connectivity index (χ4v) is 2.81. The summed E-state index contributed by atoms with van der Waals surface area (Å²) in [5.74, 6) is 0.0453. The van der Waals surface area contributed by atoms with Gasteiger partial charge in [-0.2, -0.15) is 0 Å². The lowest BCUT2D eigenvalue weighted by Crippen LogP contribution is -2.23. The van der Waals surface area contributed by atoms with E-state index in [9.17, 15) is 4.79 Å². The molecule has 0 fully saturated rings. The molecule has 4 heteroatoms. The van der Waals surface area contributed by atoms with Crippen LogP contribution in [0.5, 0.6) is 0 Å². The van der Waals surface area contributed by atoms with Gasteiger partial charge in [-0.1, -0.05) is 36.4 Å². The smallest absolute Gasteiger partial charge is 0.225 e. The van der Waals surface area contributed by atoms with Crippen LogP contribution in [0.3, 0.4) is 0 Å². The average Bonchev–Trinajstić information content (AvgIpc) is 3.00.